The number of hydrogen-bond donors (Lipinski definition) is 2. The standard InChI is InChI=1S/C22H28N2O3/c1-16(18-13-9-6-10-14-18)23-20(25)19(15-17-11-7-5-8-12-17)24-21(26)27-22(2,3)4/h5-14,16,19H,15H2,1-4H3,(H,23,25)(H,24,26)/t16-,19+/m1/s1. The van der Waals surface area contributed by atoms with Gasteiger partial charge in [-0.3, -0.25) is 4.79 Å². The van der Waals surface area contributed by atoms with Gasteiger partial charge in [-0.25, -0.2) is 4.79 Å². The fourth-order valence-corrected chi connectivity index (χ4v) is 2.65. The summed E-state index contributed by atoms with van der Waals surface area (Å²) < 4.78 is 5.32. The van der Waals surface area contributed by atoms with Gasteiger partial charge in [-0.05, 0) is 38.8 Å². The Kier molecular flexibility index (Phi) is 6.99. The minimum Gasteiger partial charge on any atom is -0.444 e. The van der Waals surface area contributed by atoms with Gasteiger partial charge in [0.15, 0.2) is 0 Å². The fraction of sp³-hybridized carbons (Fsp3) is 0.364. The van der Waals surface area contributed by atoms with Crippen molar-refractivity contribution in [2.45, 2.75) is 51.8 Å². The van der Waals surface area contributed by atoms with Crippen LogP contribution in [-0.4, -0.2) is 23.6 Å². The lowest BCUT2D eigenvalue weighted by Gasteiger charge is -2.24. The molecular formula is C22H28N2O3. The highest BCUT2D eigenvalue weighted by molar-refractivity contribution is 5.86. The van der Waals surface area contributed by atoms with Crippen molar-refractivity contribution in [3.05, 3.63) is 71.8 Å². The van der Waals surface area contributed by atoms with Crippen molar-refractivity contribution in [2.24, 2.45) is 0 Å². The summed E-state index contributed by atoms with van der Waals surface area (Å²) in [4.78, 5) is 25.1. The van der Waals surface area contributed by atoms with Crippen LogP contribution in [0.15, 0.2) is 60.7 Å². The first-order valence-electron chi connectivity index (χ1n) is 9.13. The summed E-state index contributed by atoms with van der Waals surface area (Å²) in [6.45, 7) is 7.28. The molecule has 5 heteroatoms. The van der Waals surface area contributed by atoms with Crippen molar-refractivity contribution in [2.75, 3.05) is 0 Å². The van der Waals surface area contributed by atoms with Gasteiger partial charge in [-0.2, -0.15) is 0 Å². The molecule has 0 aromatic heterocycles. The first kappa shape index (κ1) is 20.5. The lowest BCUT2D eigenvalue weighted by atomic mass is 10.0. The first-order valence-corrected chi connectivity index (χ1v) is 9.13. The summed E-state index contributed by atoms with van der Waals surface area (Å²) in [7, 11) is 0. The third-order valence-corrected chi connectivity index (χ3v) is 3.95. The van der Waals surface area contributed by atoms with Crippen molar-refractivity contribution >= 4 is 12.0 Å². The van der Waals surface area contributed by atoms with Gasteiger partial charge in [0, 0.05) is 6.42 Å². The minimum atomic E-state index is -0.728. The molecule has 5 nitrogen and oxygen atoms in total. The average molecular weight is 368 g/mol. The number of amides is 2. The molecule has 0 spiro atoms. The molecule has 2 aromatic rings. The van der Waals surface area contributed by atoms with Crippen LogP contribution in [-0.2, 0) is 16.0 Å². The Labute approximate surface area is 161 Å². The Morgan fingerprint density at radius 1 is 0.926 bits per heavy atom. The van der Waals surface area contributed by atoms with Crippen LogP contribution in [0.1, 0.15) is 44.9 Å². The lowest BCUT2D eigenvalue weighted by Crippen LogP contribution is -2.49. The summed E-state index contributed by atoms with van der Waals surface area (Å²) in [6, 6.07) is 18.4. The van der Waals surface area contributed by atoms with Crippen LogP contribution in [0, 0.1) is 0 Å². The highest BCUT2D eigenvalue weighted by atomic mass is 16.6. The molecule has 144 valence electrons. The van der Waals surface area contributed by atoms with E-state index in [2.05, 4.69) is 10.6 Å². The van der Waals surface area contributed by atoms with Crippen molar-refractivity contribution in [1.29, 1.82) is 0 Å². The van der Waals surface area contributed by atoms with Crippen LogP contribution < -0.4 is 10.6 Å². The summed E-state index contributed by atoms with van der Waals surface area (Å²) in [5.74, 6) is -0.249. The van der Waals surface area contributed by atoms with Crippen molar-refractivity contribution < 1.29 is 14.3 Å². The summed E-state index contributed by atoms with van der Waals surface area (Å²) in [5.41, 5.74) is 1.33. The Morgan fingerprint density at radius 3 is 2.04 bits per heavy atom. The molecule has 0 aliphatic carbocycles. The van der Waals surface area contributed by atoms with Crippen molar-refractivity contribution in [3.8, 4) is 0 Å². The lowest BCUT2D eigenvalue weighted by molar-refractivity contribution is -0.123. The molecule has 0 saturated carbocycles. The smallest absolute Gasteiger partial charge is 0.408 e. The largest absolute Gasteiger partial charge is 0.444 e. The van der Waals surface area contributed by atoms with E-state index < -0.39 is 17.7 Å². The maximum Gasteiger partial charge on any atom is 0.408 e. The molecule has 0 aliphatic rings. The highest BCUT2D eigenvalue weighted by Crippen LogP contribution is 2.13. The van der Waals surface area contributed by atoms with Crippen LogP contribution in [0.4, 0.5) is 4.79 Å². The quantitative estimate of drug-likeness (QED) is 0.810. The molecule has 0 unspecified atom stereocenters. The van der Waals surface area contributed by atoms with E-state index >= 15 is 0 Å². The molecule has 2 atom stereocenters. The van der Waals surface area contributed by atoms with E-state index in [9.17, 15) is 9.59 Å². The number of hydrogen-bond acceptors (Lipinski definition) is 3. The molecule has 2 N–H and O–H groups in total. The molecule has 2 aromatic carbocycles. The van der Waals surface area contributed by atoms with E-state index in [0.29, 0.717) is 6.42 Å². The first-order chi connectivity index (χ1) is 12.7. The van der Waals surface area contributed by atoms with Gasteiger partial charge in [0.25, 0.3) is 0 Å². The monoisotopic (exact) mass is 368 g/mol. The zero-order valence-corrected chi connectivity index (χ0v) is 16.4. The maximum absolute atomic E-state index is 12.9. The second kappa shape index (κ2) is 9.21. The normalized spacial score (nSPS) is 13.3. The number of carbonyl (C=O) groups is 2. The molecule has 2 amide bonds. The number of alkyl carbamates (subject to hydrolysis) is 1. The van der Waals surface area contributed by atoms with Gasteiger partial charge < -0.3 is 15.4 Å². The maximum atomic E-state index is 12.9. The SMILES string of the molecule is C[C@@H](NC(=O)[C@H](Cc1ccccc1)NC(=O)OC(C)(C)C)c1ccccc1. The molecule has 0 heterocycles. The number of ether oxygens (including phenoxy) is 1. The van der Waals surface area contributed by atoms with Crippen LogP contribution >= 0.6 is 0 Å². The number of carbonyl (C=O) groups excluding carboxylic acids is 2. The zero-order chi connectivity index (χ0) is 19.9. The van der Waals surface area contributed by atoms with Crippen molar-refractivity contribution in [3.63, 3.8) is 0 Å². The van der Waals surface area contributed by atoms with Gasteiger partial charge in [-0.15, -0.1) is 0 Å². The zero-order valence-electron chi connectivity index (χ0n) is 16.4. The molecule has 2 rings (SSSR count). The fourth-order valence-electron chi connectivity index (χ4n) is 2.65. The molecular weight excluding hydrogens is 340 g/mol. The van der Waals surface area contributed by atoms with Crippen molar-refractivity contribution in [1.82, 2.24) is 10.6 Å². The van der Waals surface area contributed by atoms with Gasteiger partial charge in [0.2, 0.25) is 5.91 Å². The van der Waals surface area contributed by atoms with E-state index in [1.165, 1.54) is 0 Å². The van der Waals surface area contributed by atoms with E-state index in [1.54, 1.807) is 20.8 Å². The second-order valence-corrected chi connectivity index (χ2v) is 7.53. The Morgan fingerprint density at radius 2 is 1.48 bits per heavy atom. The van der Waals surface area contributed by atoms with E-state index in [4.69, 9.17) is 4.74 Å². The van der Waals surface area contributed by atoms with E-state index in [-0.39, 0.29) is 11.9 Å². The number of benzene rings is 2. The van der Waals surface area contributed by atoms with Gasteiger partial charge in [0.05, 0.1) is 6.04 Å². The summed E-state index contributed by atoms with van der Waals surface area (Å²) >= 11 is 0. The molecule has 0 radical (unpaired) electrons. The Bertz CT molecular complexity index is 739. The predicted octanol–water partition coefficient (Wildman–Crippen LogP) is 4.00. The minimum absolute atomic E-state index is 0.169. The van der Waals surface area contributed by atoms with Crippen LogP contribution in [0.2, 0.25) is 0 Å². The molecule has 27 heavy (non-hydrogen) atoms. The summed E-state index contributed by atoms with van der Waals surface area (Å²) in [5, 5.41) is 5.68. The number of nitrogens with one attached hydrogen (secondary N) is 2. The van der Waals surface area contributed by atoms with E-state index in [1.807, 2.05) is 67.6 Å². The van der Waals surface area contributed by atoms with Gasteiger partial charge in [-0.1, -0.05) is 60.7 Å². The second-order valence-electron chi connectivity index (χ2n) is 7.53. The van der Waals surface area contributed by atoms with Gasteiger partial charge >= 0.3 is 6.09 Å². The summed E-state index contributed by atoms with van der Waals surface area (Å²) in [6.07, 6.45) is -0.223. The molecule has 0 aliphatic heterocycles. The Hall–Kier alpha value is -2.82. The van der Waals surface area contributed by atoms with E-state index in [0.717, 1.165) is 11.1 Å². The topological polar surface area (TPSA) is 67.4 Å². The predicted molar refractivity (Wildman–Crippen MR) is 106 cm³/mol. The Balaban J connectivity index is 2.10. The molecule has 0 fully saturated rings. The average Bonchev–Trinajstić information content (AvgIpc) is 2.61. The third kappa shape index (κ3) is 7.13. The third-order valence-electron chi connectivity index (χ3n) is 3.95. The number of rotatable bonds is 6. The molecule has 0 bridgehead atoms. The van der Waals surface area contributed by atoms with Crippen LogP contribution in [0.3, 0.4) is 0 Å². The molecule has 0 saturated heterocycles. The van der Waals surface area contributed by atoms with Gasteiger partial charge in [0.1, 0.15) is 11.6 Å². The van der Waals surface area contributed by atoms with Crippen LogP contribution in [0.25, 0.3) is 0 Å². The van der Waals surface area contributed by atoms with Crippen LogP contribution in [0.5, 0.6) is 0 Å². The highest BCUT2D eigenvalue weighted by Gasteiger charge is 2.25.